The van der Waals surface area contributed by atoms with Crippen LogP contribution >= 0.6 is 0 Å². The fourth-order valence-corrected chi connectivity index (χ4v) is 5.55. The summed E-state index contributed by atoms with van der Waals surface area (Å²) < 4.78 is 38.7. The number of rotatable bonds is 4. The Kier molecular flexibility index (Phi) is 4.08. The minimum absolute atomic E-state index is 0.0258. The monoisotopic (exact) mass is 432 g/mol. The van der Waals surface area contributed by atoms with Crippen LogP contribution in [0.1, 0.15) is 19.3 Å². The number of hydrogen-bond donors (Lipinski definition) is 1. The third-order valence-electron chi connectivity index (χ3n) is 7.06. The second kappa shape index (κ2) is 6.65. The van der Waals surface area contributed by atoms with Crippen LogP contribution in [0.5, 0.6) is 0 Å². The van der Waals surface area contributed by atoms with E-state index in [-0.39, 0.29) is 18.0 Å². The van der Waals surface area contributed by atoms with Gasteiger partial charge in [0, 0.05) is 61.8 Å². The van der Waals surface area contributed by atoms with Crippen molar-refractivity contribution in [2.24, 2.45) is 5.92 Å². The maximum atomic E-state index is 12.9. The topological polar surface area (TPSA) is 87.3 Å². The van der Waals surface area contributed by atoms with Gasteiger partial charge in [-0.15, -0.1) is 0 Å². The first-order chi connectivity index (χ1) is 14.8. The van der Waals surface area contributed by atoms with Crippen LogP contribution in [-0.4, -0.2) is 75.3 Å². The Morgan fingerprint density at radius 3 is 2.32 bits per heavy atom. The molecule has 0 radical (unpaired) electrons. The van der Waals surface area contributed by atoms with Gasteiger partial charge >= 0.3 is 6.18 Å². The molecule has 1 saturated carbocycles. The molecule has 8 nitrogen and oxygen atoms in total. The van der Waals surface area contributed by atoms with Gasteiger partial charge < -0.3 is 15.5 Å². The highest BCUT2D eigenvalue weighted by Gasteiger charge is 2.48. The van der Waals surface area contributed by atoms with E-state index in [4.69, 9.17) is 15.7 Å². The Balaban J connectivity index is 1.32. The number of hydrogen-bond acceptors (Lipinski definition) is 8. The maximum absolute atomic E-state index is 12.9. The van der Waals surface area contributed by atoms with Crippen LogP contribution in [-0.2, 0) is 0 Å². The van der Waals surface area contributed by atoms with Crippen molar-refractivity contribution in [3.05, 3.63) is 18.5 Å². The van der Waals surface area contributed by atoms with Crippen molar-refractivity contribution in [2.45, 2.75) is 43.6 Å². The zero-order valence-corrected chi connectivity index (χ0v) is 16.8. The van der Waals surface area contributed by atoms with Crippen molar-refractivity contribution in [3.8, 4) is 11.3 Å². The van der Waals surface area contributed by atoms with Gasteiger partial charge in [0.05, 0.1) is 12.2 Å². The molecular formula is C20H23F3N8. The molecule has 1 aliphatic carbocycles. The molecule has 0 amide bonds. The smallest absolute Gasteiger partial charge is 0.368 e. The molecule has 6 heterocycles. The molecule has 5 aliphatic rings. The molecule has 2 atom stereocenters. The molecule has 164 valence electrons. The number of anilines is 3. The van der Waals surface area contributed by atoms with Gasteiger partial charge in [0.25, 0.3) is 0 Å². The van der Waals surface area contributed by atoms with E-state index in [9.17, 15) is 13.2 Å². The maximum Gasteiger partial charge on any atom is 0.401 e. The molecule has 5 fully saturated rings. The van der Waals surface area contributed by atoms with E-state index >= 15 is 0 Å². The van der Waals surface area contributed by atoms with Crippen LogP contribution in [0, 0.1) is 5.92 Å². The fraction of sp³-hybridized carbons (Fsp3) is 0.600. The molecule has 2 N–H and O–H groups in total. The van der Waals surface area contributed by atoms with Crippen LogP contribution in [0.2, 0.25) is 0 Å². The lowest BCUT2D eigenvalue weighted by Crippen LogP contribution is -2.49. The number of halogens is 3. The lowest BCUT2D eigenvalue weighted by atomic mass is 9.86. The Morgan fingerprint density at radius 2 is 1.71 bits per heavy atom. The summed E-state index contributed by atoms with van der Waals surface area (Å²) in [6.45, 7) is 1.05. The van der Waals surface area contributed by atoms with E-state index in [0.29, 0.717) is 36.7 Å². The Morgan fingerprint density at radius 1 is 0.935 bits per heavy atom. The number of piperazine rings is 1. The summed E-state index contributed by atoms with van der Waals surface area (Å²) in [7, 11) is 0. The van der Waals surface area contributed by atoms with Crippen molar-refractivity contribution < 1.29 is 13.2 Å². The number of alkyl halides is 3. The zero-order chi connectivity index (χ0) is 21.3. The summed E-state index contributed by atoms with van der Waals surface area (Å²) in [5.74, 6) is 2.35. The molecule has 11 heteroatoms. The summed E-state index contributed by atoms with van der Waals surface area (Å²) in [5, 5.41) is 0. The molecular weight excluding hydrogens is 409 g/mol. The van der Waals surface area contributed by atoms with Gasteiger partial charge in [-0.2, -0.15) is 18.2 Å². The first-order valence-electron chi connectivity index (χ1n) is 10.6. The van der Waals surface area contributed by atoms with Gasteiger partial charge in [0.1, 0.15) is 5.82 Å². The van der Waals surface area contributed by atoms with E-state index in [2.05, 4.69) is 19.8 Å². The first kappa shape index (κ1) is 19.0. The van der Waals surface area contributed by atoms with Crippen LogP contribution in [0.3, 0.4) is 0 Å². The first-order valence-corrected chi connectivity index (χ1v) is 10.6. The molecule has 0 spiro atoms. The van der Waals surface area contributed by atoms with Gasteiger partial charge in [-0.1, -0.05) is 0 Å². The molecule has 4 saturated heterocycles. The van der Waals surface area contributed by atoms with Gasteiger partial charge in [-0.3, -0.25) is 4.90 Å². The molecule has 7 rings (SSSR count). The minimum atomic E-state index is -4.17. The predicted molar refractivity (Wildman–Crippen MR) is 108 cm³/mol. The average Bonchev–Trinajstić information content (AvgIpc) is 3.46. The summed E-state index contributed by atoms with van der Waals surface area (Å²) in [6.07, 6.45) is 2.19. The number of nitrogens with two attached hydrogens (primary N) is 1. The number of aromatic nitrogens is 4. The van der Waals surface area contributed by atoms with Gasteiger partial charge in [-0.25, -0.2) is 15.0 Å². The lowest BCUT2D eigenvalue weighted by Gasteiger charge is -2.35. The Labute approximate surface area is 177 Å². The Hall–Kier alpha value is -2.69. The average molecular weight is 432 g/mol. The van der Waals surface area contributed by atoms with E-state index in [1.165, 1.54) is 12.8 Å². The molecule has 0 unspecified atom stereocenters. The van der Waals surface area contributed by atoms with Gasteiger partial charge in [0.2, 0.25) is 11.9 Å². The van der Waals surface area contributed by atoms with Crippen molar-refractivity contribution >= 4 is 17.7 Å². The Bertz CT molecular complexity index is 991. The third kappa shape index (κ3) is 3.35. The third-order valence-corrected chi connectivity index (χ3v) is 7.06. The number of nitrogen functional groups attached to an aromatic ring is 1. The standard InChI is InChI=1S/C20H23F3N8/c21-20(22,23)10-29-8-15-3-14(29)9-30(15)17-4-16(12-5-25-18(24)26-6-12)27-19(28-17)31-7-11-1-13(31)2-11/h4-6,11,13-15H,1-3,7-10H2,(H2,24,25,26)/t11?,13?,14-,15-/m0/s1. The fourth-order valence-electron chi connectivity index (χ4n) is 5.55. The van der Waals surface area contributed by atoms with Crippen molar-refractivity contribution in [3.63, 3.8) is 0 Å². The zero-order valence-electron chi connectivity index (χ0n) is 16.8. The van der Waals surface area contributed by atoms with Crippen molar-refractivity contribution in [1.82, 2.24) is 24.8 Å². The van der Waals surface area contributed by atoms with Crippen LogP contribution in [0.25, 0.3) is 11.3 Å². The SMILES string of the molecule is Nc1ncc(-c2cc(N3C[C@@H]4C[C@H]3CN4CC(F)(F)F)nc(N3CC4CC3C4)n2)cn1. The summed E-state index contributed by atoms with van der Waals surface area (Å²) in [5.41, 5.74) is 7.08. The highest BCUT2D eigenvalue weighted by Crippen LogP contribution is 2.43. The van der Waals surface area contributed by atoms with Gasteiger partial charge in [0.15, 0.2) is 0 Å². The van der Waals surface area contributed by atoms with Crippen molar-refractivity contribution in [1.29, 1.82) is 0 Å². The molecule has 2 aromatic heterocycles. The van der Waals surface area contributed by atoms with Gasteiger partial charge in [-0.05, 0) is 25.2 Å². The number of nitrogens with zero attached hydrogens (tertiary/aromatic N) is 7. The molecule has 4 aliphatic heterocycles. The van der Waals surface area contributed by atoms with E-state index < -0.39 is 12.7 Å². The summed E-state index contributed by atoms with van der Waals surface area (Å²) >= 11 is 0. The quantitative estimate of drug-likeness (QED) is 0.785. The number of likely N-dealkylation sites (tertiary alicyclic amines) is 1. The van der Waals surface area contributed by atoms with Crippen LogP contribution in [0.4, 0.5) is 30.9 Å². The predicted octanol–water partition coefficient (Wildman–Crippen LogP) is 1.94. The second-order valence-electron chi connectivity index (χ2n) is 9.13. The normalized spacial score (nSPS) is 29.6. The van der Waals surface area contributed by atoms with Crippen LogP contribution in [0.15, 0.2) is 18.5 Å². The lowest BCUT2D eigenvalue weighted by molar-refractivity contribution is -0.148. The molecule has 0 aromatic carbocycles. The summed E-state index contributed by atoms with van der Waals surface area (Å²) in [6, 6.07) is 2.30. The van der Waals surface area contributed by atoms with E-state index in [1.807, 2.05) is 6.07 Å². The number of fused-ring (bicyclic) bond motifs is 3. The van der Waals surface area contributed by atoms with E-state index in [0.717, 1.165) is 24.3 Å². The molecule has 2 aromatic rings. The molecule has 4 bridgehead atoms. The largest absolute Gasteiger partial charge is 0.401 e. The van der Waals surface area contributed by atoms with Crippen LogP contribution < -0.4 is 15.5 Å². The highest BCUT2D eigenvalue weighted by atomic mass is 19.4. The highest BCUT2D eigenvalue weighted by molar-refractivity contribution is 5.65. The second-order valence-corrected chi connectivity index (χ2v) is 9.13. The van der Waals surface area contributed by atoms with Crippen molar-refractivity contribution in [2.75, 3.05) is 41.7 Å². The molecule has 31 heavy (non-hydrogen) atoms. The minimum Gasteiger partial charge on any atom is -0.368 e. The summed E-state index contributed by atoms with van der Waals surface area (Å²) in [4.78, 5) is 23.8. The van der Waals surface area contributed by atoms with E-state index in [1.54, 1.807) is 17.3 Å².